The van der Waals surface area contributed by atoms with E-state index in [1.807, 2.05) is 47.4 Å². The number of phenolic OH excluding ortho intramolecular Hbond substituents is 1. The van der Waals surface area contributed by atoms with Crippen LogP contribution in [0.1, 0.15) is 47.8 Å². The van der Waals surface area contributed by atoms with Gasteiger partial charge in [0.2, 0.25) is 0 Å². The minimum atomic E-state index is -1.48. The SMILES string of the molecule is OCC1OC(c2ccc(-c3ccc(C4C(CCC(O)c5ccc(F)cc5)OC(S)N4c4ccccc4)c(O)c3)cc2)C(O)C(O)C1O. The Bertz CT molecular complexity index is 1630. The van der Waals surface area contributed by atoms with Crippen LogP contribution in [-0.2, 0) is 9.47 Å². The lowest BCUT2D eigenvalue weighted by Gasteiger charge is -2.40. The molecule has 4 aromatic rings. The second-order valence-electron chi connectivity index (χ2n) is 12.0. The maximum absolute atomic E-state index is 13.4. The van der Waals surface area contributed by atoms with E-state index in [1.54, 1.807) is 42.5 Å². The Morgan fingerprint density at radius 1 is 0.787 bits per heavy atom. The molecule has 0 saturated carbocycles. The molecule has 4 aromatic carbocycles. The van der Waals surface area contributed by atoms with Crippen LogP contribution in [0.3, 0.4) is 0 Å². The topological polar surface area (TPSA) is 143 Å². The van der Waals surface area contributed by atoms with E-state index < -0.39 is 60.9 Å². The minimum Gasteiger partial charge on any atom is -0.508 e. The fourth-order valence-electron chi connectivity index (χ4n) is 6.47. The van der Waals surface area contributed by atoms with E-state index in [-0.39, 0.29) is 11.6 Å². The Morgan fingerprint density at radius 2 is 1.47 bits per heavy atom. The van der Waals surface area contributed by atoms with Crippen molar-refractivity contribution in [1.29, 1.82) is 0 Å². The van der Waals surface area contributed by atoms with Crippen molar-refractivity contribution >= 4 is 18.3 Å². The summed E-state index contributed by atoms with van der Waals surface area (Å²) in [5.74, 6) is -0.332. The first-order chi connectivity index (χ1) is 22.7. The van der Waals surface area contributed by atoms with Crippen LogP contribution < -0.4 is 4.90 Å². The largest absolute Gasteiger partial charge is 0.508 e. The quantitative estimate of drug-likeness (QED) is 0.130. The Kier molecular flexibility index (Phi) is 10.2. The van der Waals surface area contributed by atoms with E-state index in [1.165, 1.54) is 12.1 Å². The number of phenols is 1. The van der Waals surface area contributed by atoms with Crippen molar-refractivity contribution in [1.82, 2.24) is 0 Å². The lowest BCUT2D eigenvalue weighted by atomic mass is 9.90. The molecule has 6 rings (SSSR count). The average Bonchev–Trinajstić information content (AvgIpc) is 3.42. The molecule has 2 fully saturated rings. The number of thiol groups is 1. The second kappa shape index (κ2) is 14.3. The summed E-state index contributed by atoms with van der Waals surface area (Å²) in [6, 6.07) is 27.4. The van der Waals surface area contributed by atoms with Gasteiger partial charge in [0.15, 0.2) is 5.56 Å². The van der Waals surface area contributed by atoms with Gasteiger partial charge >= 0.3 is 0 Å². The molecule has 11 heteroatoms. The van der Waals surface area contributed by atoms with Gasteiger partial charge in [-0.3, -0.25) is 0 Å². The molecular weight excluding hydrogens is 625 g/mol. The molecule has 2 heterocycles. The maximum atomic E-state index is 13.4. The van der Waals surface area contributed by atoms with Gasteiger partial charge < -0.3 is 45.0 Å². The Morgan fingerprint density at radius 3 is 2.13 bits per heavy atom. The monoisotopic (exact) mass is 663 g/mol. The smallest absolute Gasteiger partial charge is 0.176 e. The van der Waals surface area contributed by atoms with Gasteiger partial charge in [0.05, 0.1) is 24.9 Å². The van der Waals surface area contributed by atoms with Crippen LogP contribution in [0.2, 0.25) is 0 Å². The summed E-state index contributed by atoms with van der Waals surface area (Å²) < 4.78 is 25.4. The summed E-state index contributed by atoms with van der Waals surface area (Å²) in [4.78, 5) is 1.99. The molecule has 0 bridgehead atoms. The number of aliphatic hydroxyl groups is 5. The Balaban J connectivity index is 1.25. The van der Waals surface area contributed by atoms with Crippen LogP contribution >= 0.6 is 12.6 Å². The zero-order valence-corrected chi connectivity index (χ0v) is 26.2. The molecule has 6 N–H and O–H groups in total. The Hall–Kier alpha value is -3.52. The van der Waals surface area contributed by atoms with E-state index in [4.69, 9.17) is 22.1 Å². The van der Waals surface area contributed by atoms with Crippen molar-refractivity contribution < 1.29 is 44.5 Å². The number of aliphatic hydroxyl groups excluding tert-OH is 5. The highest BCUT2D eigenvalue weighted by Crippen LogP contribution is 2.46. The summed E-state index contributed by atoms with van der Waals surface area (Å²) in [5, 5.41) is 62.6. The summed E-state index contributed by atoms with van der Waals surface area (Å²) >= 11 is 4.73. The third-order valence-corrected chi connectivity index (χ3v) is 9.40. The average molecular weight is 664 g/mol. The molecule has 0 radical (unpaired) electrons. The fraction of sp³-hybridized carbons (Fsp3) is 0.333. The molecule has 9 unspecified atom stereocenters. The van der Waals surface area contributed by atoms with Crippen molar-refractivity contribution in [2.24, 2.45) is 0 Å². The van der Waals surface area contributed by atoms with Gasteiger partial charge in [0.1, 0.15) is 42.1 Å². The molecule has 0 aromatic heterocycles. The minimum absolute atomic E-state index is 0.0431. The predicted octanol–water partition coefficient (Wildman–Crippen LogP) is 4.39. The normalized spacial score (nSPS) is 28.4. The number of benzene rings is 4. The van der Waals surface area contributed by atoms with Gasteiger partial charge in [0, 0.05) is 11.3 Å². The highest BCUT2D eigenvalue weighted by Gasteiger charge is 2.44. The van der Waals surface area contributed by atoms with Crippen LogP contribution in [0.25, 0.3) is 11.1 Å². The number of hydrogen-bond donors (Lipinski definition) is 7. The van der Waals surface area contributed by atoms with E-state index in [0.717, 1.165) is 16.8 Å². The van der Waals surface area contributed by atoms with Gasteiger partial charge in [-0.25, -0.2) is 4.39 Å². The number of nitrogens with zero attached hydrogens (tertiary/aromatic N) is 1. The number of hydrogen-bond acceptors (Lipinski definition) is 10. The van der Waals surface area contributed by atoms with E-state index in [9.17, 15) is 35.0 Å². The summed E-state index contributed by atoms with van der Waals surface area (Å²) in [7, 11) is 0. The van der Waals surface area contributed by atoms with Gasteiger partial charge in [0.25, 0.3) is 0 Å². The first-order valence-corrected chi connectivity index (χ1v) is 16.0. The summed E-state index contributed by atoms with van der Waals surface area (Å²) in [6.07, 6.45) is -6.75. The molecule has 9 atom stereocenters. The number of ether oxygens (including phenoxy) is 2. The van der Waals surface area contributed by atoms with Crippen molar-refractivity contribution in [2.45, 2.75) is 67.2 Å². The maximum Gasteiger partial charge on any atom is 0.176 e. The standard InChI is InChI=1S/C36H38FNO8S/c37-24-13-10-21(11-14-24)27(40)16-17-29-31(38(36(47)46-29)25-4-2-1-3-5-25)26-15-12-23(18-28(26)41)20-6-8-22(9-7-20)35-34(44)33(43)32(42)30(19-39)45-35/h1-15,18,27,29-36,39-44,47H,16-17,19H2. The van der Waals surface area contributed by atoms with Gasteiger partial charge in [-0.05, 0) is 65.4 Å². The molecule has 47 heavy (non-hydrogen) atoms. The number of aromatic hydroxyl groups is 1. The van der Waals surface area contributed by atoms with E-state index >= 15 is 0 Å². The summed E-state index contributed by atoms with van der Waals surface area (Å²) in [5.41, 5.74) is 3.51. The van der Waals surface area contributed by atoms with Crippen molar-refractivity contribution in [3.8, 4) is 16.9 Å². The summed E-state index contributed by atoms with van der Waals surface area (Å²) in [6.45, 7) is -0.511. The second-order valence-corrected chi connectivity index (χ2v) is 12.4. The van der Waals surface area contributed by atoms with E-state index in [2.05, 4.69) is 0 Å². The number of halogens is 1. The van der Waals surface area contributed by atoms with Gasteiger partial charge in [-0.1, -0.05) is 66.7 Å². The third-order valence-electron chi connectivity index (χ3n) is 9.03. The molecular formula is C36H38FNO8S. The predicted molar refractivity (Wildman–Crippen MR) is 176 cm³/mol. The third kappa shape index (κ3) is 6.89. The molecule has 0 spiro atoms. The lowest BCUT2D eigenvalue weighted by Crippen LogP contribution is -2.55. The molecule has 2 saturated heterocycles. The van der Waals surface area contributed by atoms with Crippen molar-refractivity contribution in [3.05, 3.63) is 120 Å². The molecule has 0 aliphatic carbocycles. The van der Waals surface area contributed by atoms with Crippen LogP contribution in [0.5, 0.6) is 5.75 Å². The van der Waals surface area contributed by atoms with Crippen molar-refractivity contribution in [3.63, 3.8) is 0 Å². The number of para-hydroxylation sites is 1. The fourth-order valence-corrected chi connectivity index (χ4v) is 6.90. The Labute approximate surface area is 277 Å². The molecule has 2 aliphatic rings. The van der Waals surface area contributed by atoms with E-state index in [0.29, 0.717) is 29.5 Å². The molecule has 9 nitrogen and oxygen atoms in total. The number of anilines is 1. The number of rotatable bonds is 9. The zero-order chi connectivity index (χ0) is 33.2. The van der Waals surface area contributed by atoms with Crippen LogP contribution in [0.4, 0.5) is 10.1 Å². The zero-order valence-electron chi connectivity index (χ0n) is 25.3. The molecule has 2 aliphatic heterocycles. The molecule has 248 valence electrons. The van der Waals surface area contributed by atoms with Gasteiger partial charge in [-0.2, -0.15) is 0 Å². The first kappa shape index (κ1) is 33.4. The lowest BCUT2D eigenvalue weighted by molar-refractivity contribution is -0.231. The first-order valence-electron chi connectivity index (χ1n) is 15.5. The van der Waals surface area contributed by atoms with Crippen molar-refractivity contribution in [2.75, 3.05) is 11.5 Å². The highest BCUT2D eigenvalue weighted by molar-refractivity contribution is 7.80. The highest BCUT2D eigenvalue weighted by atomic mass is 32.1. The van der Waals surface area contributed by atoms with Crippen LogP contribution in [-0.4, -0.2) is 73.3 Å². The van der Waals surface area contributed by atoms with Crippen LogP contribution in [0, 0.1) is 5.82 Å². The van der Waals surface area contributed by atoms with Gasteiger partial charge in [-0.15, -0.1) is 12.6 Å². The van der Waals surface area contributed by atoms with Crippen LogP contribution in [0.15, 0.2) is 97.1 Å². The molecule has 0 amide bonds.